The maximum atomic E-state index is 10.3. The Labute approximate surface area is 83.3 Å². The number of benzene rings is 1. The lowest BCUT2D eigenvalue weighted by atomic mass is 10.1. The zero-order valence-corrected chi connectivity index (χ0v) is 8.19. The third-order valence-corrected chi connectivity index (χ3v) is 1.80. The summed E-state index contributed by atoms with van der Waals surface area (Å²) in [5.74, 6) is -0.329. The van der Waals surface area contributed by atoms with Gasteiger partial charge in [-0.1, -0.05) is 25.5 Å². The number of carbonyl (C=O) groups is 1. The summed E-state index contributed by atoms with van der Waals surface area (Å²) in [5.41, 5.74) is 1.18. The third kappa shape index (κ3) is 3.47. The molecular weight excluding hydrogens is 180 g/mol. The first-order chi connectivity index (χ1) is 6.72. The van der Waals surface area contributed by atoms with Crippen molar-refractivity contribution in [2.45, 2.75) is 19.8 Å². The summed E-state index contributed by atoms with van der Waals surface area (Å²) in [6.45, 7) is 1.82. The van der Waals surface area contributed by atoms with Gasteiger partial charge in [-0.2, -0.15) is 0 Å². The highest BCUT2D eigenvalue weighted by Gasteiger charge is 1.99. The summed E-state index contributed by atoms with van der Waals surface area (Å²) in [7, 11) is 0. The minimum atomic E-state index is -0.953. The second-order valence-corrected chi connectivity index (χ2v) is 3.08. The molecule has 76 valence electrons. The van der Waals surface area contributed by atoms with Crippen LogP contribution in [0, 0.1) is 0 Å². The van der Waals surface area contributed by atoms with Gasteiger partial charge in [0.15, 0.2) is 6.61 Å². The van der Waals surface area contributed by atoms with E-state index in [-0.39, 0.29) is 6.61 Å². The van der Waals surface area contributed by atoms with Gasteiger partial charge < -0.3 is 9.84 Å². The van der Waals surface area contributed by atoms with Crippen LogP contribution in [0.3, 0.4) is 0 Å². The summed E-state index contributed by atoms with van der Waals surface area (Å²) in [5, 5.41) is 8.42. The smallest absolute Gasteiger partial charge is 0.341 e. The molecule has 0 amide bonds. The number of aryl methyl sites for hydroxylation is 1. The van der Waals surface area contributed by atoms with Gasteiger partial charge in [0.2, 0.25) is 0 Å². The SMILES string of the molecule is CCCc1cccc(OCC(=O)O)c1. The van der Waals surface area contributed by atoms with Gasteiger partial charge in [0.1, 0.15) is 5.75 Å². The van der Waals surface area contributed by atoms with Gasteiger partial charge in [-0.3, -0.25) is 0 Å². The minimum absolute atomic E-state index is 0.282. The first kappa shape index (κ1) is 10.6. The Bertz CT molecular complexity index is 307. The molecule has 0 radical (unpaired) electrons. The number of carboxylic acids is 1. The molecular formula is C11H14O3. The van der Waals surface area contributed by atoms with Gasteiger partial charge in [0.05, 0.1) is 0 Å². The van der Waals surface area contributed by atoms with E-state index in [1.807, 2.05) is 18.2 Å². The summed E-state index contributed by atoms with van der Waals surface area (Å²) in [4.78, 5) is 10.3. The van der Waals surface area contributed by atoms with Crippen molar-refractivity contribution in [3.05, 3.63) is 29.8 Å². The number of ether oxygens (including phenoxy) is 1. The van der Waals surface area contributed by atoms with E-state index in [1.54, 1.807) is 6.07 Å². The van der Waals surface area contributed by atoms with Crippen LogP contribution in [0.1, 0.15) is 18.9 Å². The van der Waals surface area contributed by atoms with E-state index < -0.39 is 5.97 Å². The van der Waals surface area contributed by atoms with E-state index in [0.717, 1.165) is 12.8 Å². The van der Waals surface area contributed by atoms with Crippen molar-refractivity contribution in [2.75, 3.05) is 6.61 Å². The van der Waals surface area contributed by atoms with E-state index in [0.29, 0.717) is 5.75 Å². The van der Waals surface area contributed by atoms with E-state index in [2.05, 4.69) is 6.92 Å². The zero-order valence-electron chi connectivity index (χ0n) is 8.19. The van der Waals surface area contributed by atoms with Crippen molar-refractivity contribution in [1.29, 1.82) is 0 Å². The summed E-state index contributed by atoms with van der Waals surface area (Å²) < 4.78 is 5.05. The summed E-state index contributed by atoms with van der Waals surface area (Å²) in [6, 6.07) is 7.54. The standard InChI is InChI=1S/C11H14O3/c1-2-4-9-5-3-6-10(7-9)14-8-11(12)13/h3,5-7H,2,4,8H2,1H3,(H,12,13). The van der Waals surface area contributed by atoms with Crippen molar-refractivity contribution in [3.8, 4) is 5.75 Å². The summed E-state index contributed by atoms with van der Waals surface area (Å²) >= 11 is 0. The Balaban J connectivity index is 2.58. The lowest BCUT2D eigenvalue weighted by Gasteiger charge is -2.04. The molecule has 0 aliphatic carbocycles. The second kappa shape index (κ2) is 5.27. The van der Waals surface area contributed by atoms with Crippen LogP contribution in [0.4, 0.5) is 0 Å². The molecule has 0 unspecified atom stereocenters. The predicted octanol–water partition coefficient (Wildman–Crippen LogP) is 2.10. The van der Waals surface area contributed by atoms with Gasteiger partial charge in [-0.15, -0.1) is 0 Å². The number of hydrogen-bond acceptors (Lipinski definition) is 2. The largest absolute Gasteiger partial charge is 0.482 e. The minimum Gasteiger partial charge on any atom is -0.482 e. The van der Waals surface area contributed by atoms with E-state index in [4.69, 9.17) is 9.84 Å². The molecule has 0 atom stereocenters. The molecule has 0 saturated heterocycles. The number of aliphatic carboxylic acids is 1. The molecule has 1 N–H and O–H groups in total. The molecule has 3 nitrogen and oxygen atoms in total. The Hall–Kier alpha value is -1.51. The molecule has 0 saturated carbocycles. The number of rotatable bonds is 5. The highest BCUT2D eigenvalue weighted by molar-refractivity contribution is 5.68. The van der Waals surface area contributed by atoms with Crippen LogP contribution in [-0.4, -0.2) is 17.7 Å². The first-order valence-corrected chi connectivity index (χ1v) is 4.66. The van der Waals surface area contributed by atoms with Gasteiger partial charge in [-0.05, 0) is 24.1 Å². The topological polar surface area (TPSA) is 46.5 Å². The fourth-order valence-electron chi connectivity index (χ4n) is 1.22. The highest BCUT2D eigenvalue weighted by Crippen LogP contribution is 2.14. The molecule has 1 rings (SSSR count). The van der Waals surface area contributed by atoms with E-state index in [9.17, 15) is 4.79 Å². The molecule has 0 aliphatic rings. The Morgan fingerprint density at radius 3 is 2.93 bits per heavy atom. The normalized spacial score (nSPS) is 9.79. The highest BCUT2D eigenvalue weighted by atomic mass is 16.5. The first-order valence-electron chi connectivity index (χ1n) is 4.66. The molecule has 0 bridgehead atoms. The monoisotopic (exact) mass is 194 g/mol. The number of hydrogen-bond donors (Lipinski definition) is 1. The summed E-state index contributed by atoms with van der Waals surface area (Å²) in [6.07, 6.45) is 2.06. The molecule has 0 fully saturated rings. The van der Waals surface area contributed by atoms with Gasteiger partial charge >= 0.3 is 5.97 Å². The van der Waals surface area contributed by atoms with Crippen LogP contribution >= 0.6 is 0 Å². The van der Waals surface area contributed by atoms with Crippen molar-refractivity contribution in [2.24, 2.45) is 0 Å². The molecule has 0 spiro atoms. The average molecular weight is 194 g/mol. The van der Waals surface area contributed by atoms with E-state index >= 15 is 0 Å². The van der Waals surface area contributed by atoms with Gasteiger partial charge in [0, 0.05) is 0 Å². The van der Waals surface area contributed by atoms with E-state index in [1.165, 1.54) is 5.56 Å². The lowest BCUT2D eigenvalue weighted by molar-refractivity contribution is -0.139. The van der Waals surface area contributed by atoms with Crippen LogP contribution in [0.25, 0.3) is 0 Å². The third-order valence-electron chi connectivity index (χ3n) is 1.80. The zero-order chi connectivity index (χ0) is 10.4. The van der Waals surface area contributed by atoms with Crippen LogP contribution in [0.15, 0.2) is 24.3 Å². The second-order valence-electron chi connectivity index (χ2n) is 3.08. The number of carboxylic acid groups (broad SMARTS) is 1. The van der Waals surface area contributed by atoms with Crippen LogP contribution in [0.5, 0.6) is 5.75 Å². The van der Waals surface area contributed by atoms with Crippen molar-refractivity contribution in [3.63, 3.8) is 0 Å². The van der Waals surface area contributed by atoms with Crippen LogP contribution in [0.2, 0.25) is 0 Å². The van der Waals surface area contributed by atoms with Crippen LogP contribution in [-0.2, 0) is 11.2 Å². The molecule has 0 heterocycles. The quantitative estimate of drug-likeness (QED) is 0.780. The average Bonchev–Trinajstić information content (AvgIpc) is 2.16. The predicted molar refractivity (Wildman–Crippen MR) is 53.6 cm³/mol. The molecule has 1 aromatic rings. The maximum Gasteiger partial charge on any atom is 0.341 e. The Kier molecular flexibility index (Phi) is 3.98. The van der Waals surface area contributed by atoms with Gasteiger partial charge in [-0.25, -0.2) is 4.79 Å². The fraction of sp³-hybridized carbons (Fsp3) is 0.364. The molecule has 3 heteroatoms. The molecule has 1 aromatic carbocycles. The fourth-order valence-corrected chi connectivity index (χ4v) is 1.22. The van der Waals surface area contributed by atoms with Gasteiger partial charge in [0.25, 0.3) is 0 Å². The maximum absolute atomic E-state index is 10.3. The lowest BCUT2D eigenvalue weighted by Crippen LogP contribution is -2.09. The Morgan fingerprint density at radius 1 is 1.50 bits per heavy atom. The van der Waals surface area contributed by atoms with Crippen LogP contribution < -0.4 is 4.74 Å². The molecule has 0 aliphatic heterocycles. The Morgan fingerprint density at radius 2 is 2.29 bits per heavy atom. The van der Waals surface area contributed by atoms with Crippen molar-refractivity contribution in [1.82, 2.24) is 0 Å². The van der Waals surface area contributed by atoms with Crippen molar-refractivity contribution < 1.29 is 14.6 Å². The molecule has 0 aromatic heterocycles. The molecule has 14 heavy (non-hydrogen) atoms. The van der Waals surface area contributed by atoms with Crippen molar-refractivity contribution >= 4 is 5.97 Å².